The third-order valence-corrected chi connectivity index (χ3v) is 2.82. The second-order valence-electron chi connectivity index (χ2n) is 3.66. The van der Waals surface area contributed by atoms with Gasteiger partial charge in [-0.1, -0.05) is 23.9 Å². The average Bonchev–Trinajstić information content (AvgIpc) is 2.39. The molecule has 8 heteroatoms. The number of benzene rings is 1. The molecule has 0 radical (unpaired) electrons. The summed E-state index contributed by atoms with van der Waals surface area (Å²) in [7, 11) is 0. The largest absolute Gasteiger partial charge is 0.433 e. The van der Waals surface area contributed by atoms with Crippen molar-refractivity contribution in [3.63, 3.8) is 0 Å². The number of alkyl halides is 2. The third kappa shape index (κ3) is 3.70. The first-order chi connectivity index (χ1) is 9.58. The van der Waals surface area contributed by atoms with Crippen molar-refractivity contribution in [2.45, 2.75) is 11.8 Å². The van der Waals surface area contributed by atoms with Gasteiger partial charge in [0.2, 0.25) is 0 Å². The van der Waals surface area contributed by atoms with Crippen LogP contribution in [0, 0.1) is 0 Å². The lowest BCUT2D eigenvalue weighted by Gasteiger charge is -2.12. The van der Waals surface area contributed by atoms with Crippen LogP contribution in [-0.4, -0.2) is 22.8 Å². The molecule has 0 bridgehead atoms. The molecule has 1 aromatic heterocycles. The van der Waals surface area contributed by atoms with Gasteiger partial charge in [0, 0.05) is 6.07 Å². The summed E-state index contributed by atoms with van der Waals surface area (Å²) in [5, 5.41) is 3.38. The number of anilines is 3. The van der Waals surface area contributed by atoms with Crippen LogP contribution in [0.15, 0.2) is 35.5 Å². The SMILES string of the molecule is CSc1nc(N)cc(Nc2ccccc2OC(F)F)n1. The molecule has 0 spiro atoms. The molecule has 3 N–H and O–H groups in total. The molecular formula is C12H12F2N4OS. The lowest BCUT2D eigenvalue weighted by Crippen LogP contribution is -2.05. The Bertz CT molecular complexity index is 597. The summed E-state index contributed by atoms with van der Waals surface area (Å²) in [6.07, 6.45) is 1.81. The van der Waals surface area contributed by atoms with Crippen molar-refractivity contribution in [1.29, 1.82) is 0 Å². The number of rotatable bonds is 5. The van der Waals surface area contributed by atoms with E-state index in [4.69, 9.17) is 5.73 Å². The predicted octanol–water partition coefficient (Wildman–Crippen LogP) is 3.13. The molecule has 0 aliphatic carbocycles. The summed E-state index contributed by atoms with van der Waals surface area (Å²) in [6, 6.07) is 7.85. The Morgan fingerprint density at radius 3 is 2.75 bits per heavy atom. The summed E-state index contributed by atoms with van der Waals surface area (Å²) in [6.45, 7) is -2.89. The number of aromatic nitrogens is 2. The third-order valence-electron chi connectivity index (χ3n) is 2.27. The number of hydrogen-bond donors (Lipinski definition) is 2. The summed E-state index contributed by atoms with van der Waals surface area (Å²) in [5.74, 6) is 0.733. The second kappa shape index (κ2) is 6.38. The number of para-hydroxylation sites is 2. The number of ether oxygens (including phenoxy) is 1. The van der Waals surface area contributed by atoms with Crippen molar-refractivity contribution in [2.24, 2.45) is 0 Å². The first-order valence-corrected chi connectivity index (χ1v) is 6.80. The van der Waals surface area contributed by atoms with E-state index in [2.05, 4.69) is 20.0 Å². The van der Waals surface area contributed by atoms with Crippen LogP contribution in [0.3, 0.4) is 0 Å². The predicted molar refractivity (Wildman–Crippen MR) is 74.6 cm³/mol. The molecule has 0 aliphatic heterocycles. The highest BCUT2D eigenvalue weighted by atomic mass is 32.2. The highest BCUT2D eigenvalue weighted by Gasteiger charge is 2.10. The first-order valence-electron chi connectivity index (χ1n) is 5.58. The molecule has 0 saturated heterocycles. The fraction of sp³-hybridized carbons (Fsp3) is 0.167. The zero-order valence-corrected chi connectivity index (χ0v) is 11.3. The summed E-state index contributed by atoms with van der Waals surface area (Å²) in [4.78, 5) is 8.19. The van der Waals surface area contributed by atoms with E-state index in [0.29, 0.717) is 22.5 Å². The van der Waals surface area contributed by atoms with Gasteiger partial charge in [0.1, 0.15) is 17.4 Å². The highest BCUT2D eigenvalue weighted by molar-refractivity contribution is 7.98. The van der Waals surface area contributed by atoms with Crippen molar-refractivity contribution in [3.05, 3.63) is 30.3 Å². The molecule has 1 aromatic carbocycles. The fourth-order valence-corrected chi connectivity index (χ4v) is 1.89. The van der Waals surface area contributed by atoms with Crippen LogP contribution in [0.2, 0.25) is 0 Å². The number of nitrogens with two attached hydrogens (primary N) is 1. The minimum absolute atomic E-state index is 0.0328. The number of nitrogens with zero attached hydrogens (tertiary/aromatic N) is 2. The zero-order valence-electron chi connectivity index (χ0n) is 10.5. The molecule has 0 atom stereocenters. The molecule has 0 saturated carbocycles. The maximum absolute atomic E-state index is 12.3. The number of hydrogen-bond acceptors (Lipinski definition) is 6. The fourth-order valence-electron chi connectivity index (χ4n) is 1.51. The topological polar surface area (TPSA) is 73.1 Å². The molecule has 20 heavy (non-hydrogen) atoms. The normalized spacial score (nSPS) is 10.6. The van der Waals surface area contributed by atoms with Crippen LogP contribution < -0.4 is 15.8 Å². The van der Waals surface area contributed by atoms with Crippen molar-refractivity contribution in [3.8, 4) is 5.75 Å². The Balaban J connectivity index is 2.27. The van der Waals surface area contributed by atoms with Crippen LogP contribution in [0.25, 0.3) is 0 Å². The van der Waals surface area contributed by atoms with E-state index in [9.17, 15) is 8.78 Å². The number of halogens is 2. The number of nitrogen functional groups attached to an aromatic ring is 1. The van der Waals surface area contributed by atoms with E-state index in [1.165, 1.54) is 23.9 Å². The van der Waals surface area contributed by atoms with Crippen LogP contribution >= 0.6 is 11.8 Å². The lowest BCUT2D eigenvalue weighted by atomic mass is 10.3. The van der Waals surface area contributed by atoms with Gasteiger partial charge >= 0.3 is 6.61 Å². The van der Waals surface area contributed by atoms with Crippen molar-refractivity contribution < 1.29 is 13.5 Å². The zero-order chi connectivity index (χ0) is 14.5. The van der Waals surface area contributed by atoms with E-state index in [-0.39, 0.29) is 5.75 Å². The summed E-state index contributed by atoms with van der Waals surface area (Å²) >= 11 is 1.33. The Hall–Kier alpha value is -2.09. The van der Waals surface area contributed by atoms with Crippen LogP contribution in [0.4, 0.5) is 26.1 Å². The Labute approximate surface area is 118 Å². The molecule has 0 fully saturated rings. The van der Waals surface area contributed by atoms with Gasteiger partial charge in [0.25, 0.3) is 0 Å². The van der Waals surface area contributed by atoms with E-state index < -0.39 is 6.61 Å². The van der Waals surface area contributed by atoms with Gasteiger partial charge in [0.15, 0.2) is 5.16 Å². The van der Waals surface area contributed by atoms with Gasteiger partial charge in [-0.3, -0.25) is 0 Å². The number of nitrogens with one attached hydrogen (secondary N) is 1. The Morgan fingerprint density at radius 2 is 2.05 bits per heavy atom. The molecule has 5 nitrogen and oxygen atoms in total. The maximum Gasteiger partial charge on any atom is 0.387 e. The van der Waals surface area contributed by atoms with Gasteiger partial charge < -0.3 is 15.8 Å². The molecule has 1 heterocycles. The van der Waals surface area contributed by atoms with E-state index >= 15 is 0 Å². The van der Waals surface area contributed by atoms with E-state index in [1.54, 1.807) is 18.2 Å². The summed E-state index contributed by atoms with van der Waals surface area (Å²) in [5.41, 5.74) is 6.02. The molecular weight excluding hydrogens is 286 g/mol. The summed E-state index contributed by atoms with van der Waals surface area (Å²) < 4.78 is 29.1. The first kappa shape index (κ1) is 14.3. The van der Waals surface area contributed by atoms with Gasteiger partial charge in [-0.05, 0) is 18.4 Å². The van der Waals surface area contributed by atoms with Gasteiger partial charge in [0.05, 0.1) is 5.69 Å². The minimum Gasteiger partial charge on any atom is -0.433 e. The quantitative estimate of drug-likeness (QED) is 0.652. The van der Waals surface area contributed by atoms with E-state index in [0.717, 1.165) is 0 Å². The average molecular weight is 298 g/mol. The minimum atomic E-state index is -2.89. The van der Waals surface area contributed by atoms with Gasteiger partial charge in [-0.25, -0.2) is 9.97 Å². The van der Waals surface area contributed by atoms with Crippen molar-refractivity contribution in [2.75, 3.05) is 17.3 Å². The monoisotopic (exact) mass is 298 g/mol. The van der Waals surface area contributed by atoms with Gasteiger partial charge in [-0.15, -0.1) is 0 Å². The molecule has 2 rings (SSSR count). The van der Waals surface area contributed by atoms with E-state index in [1.807, 2.05) is 6.26 Å². The second-order valence-corrected chi connectivity index (χ2v) is 4.44. The molecule has 0 amide bonds. The molecule has 2 aromatic rings. The molecule has 0 unspecified atom stereocenters. The smallest absolute Gasteiger partial charge is 0.387 e. The van der Waals surface area contributed by atoms with Crippen LogP contribution in [0.5, 0.6) is 5.75 Å². The van der Waals surface area contributed by atoms with Crippen LogP contribution in [-0.2, 0) is 0 Å². The highest BCUT2D eigenvalue weighted by Crippen LogP contribution is 2.28. The lowest BCUT2D eigenvalue weighted by molar-refractivity contribution is -0.0493. The molecule has 0 aliphatic rings. The van der Waals surface area contributed by atoms with Crippen molar-refractivity contribution in [1.82, 2.24) is 9.97 Å². The standard InChI is InChI=1S/C12H12F2N4OS/c1-20-12-17-9(15)6-10(18-12)16-7-4-2-3-5-8(7)19-11(13)14/h2-6,11H,1H3,(H3,15,16,17,18). The Morgan fingerprint density at radius 1 is 1.30 bits per heavy atom. The molecule has 106 valence electrons. The Kier molecular flexibility index (Phi) is 4.57. The number of thioether (sulfide) groups is 1. The van der Waals surface area contributed by atoms with Gasteiger partial charge in [-0.2, -0.15) is 8.78 Å². The maximum atomic E-state index is 12.3. The van der Waals surface area contributed by atoms with Crippen molar-refractivity contribution >= 4 is 29.1 Å². The van der Waals surface area contributed by atoms with Crippen LogP contribution in [0.1, 0.15) is 0 Å².